The van der Waals surface area contributed by atoms with Crippen LogP contribution in [0, 0.1) is 0 Å². The first-order valence-corrected chi connectivity index (χ1v) is 8.54. The molecular weight excluding hydrogens is 316 g/mol. The highest BCUT2D eigenvalue weighted by atomic mass is 16.2. The predicted molar refractivity (Wildman–Crippen MR) is 94.1 cm³/mol. The van der Waals surface area contributed by atoms with E-state index in [0.717, 1.165) is 42.4 Å². The highest BCUT2D eigenvalue weighted by molar-refractivity contribution is 5.92. The maximum atomic E-state index is 12.4. The monoisotopic (exact) mass is 336 g/mol. The molecule has 4 rings (SSSR count). The summed E-state index contributed by atoms with van der Waals surface area (Å²) in [4.78, 5) is 16.8. The second-order valence-corrected chi connectivity index (χ2v) is 6.24. The van der Waals surface area contributed by atoms with Gasteiger partial charge in [0.25, 0.3) is 5.91 Å². The second-order valence-electron chi connectivity index (χ2n) is 6.24. The van der Waals surface area contributed by atoms with Gasteiger partial charge in [-0.3, -0.25) is 9.78 Å². The molecule has 0 spiro atoms. The van der Waals surface area contributed by atoms with Gasteiger partial charge in [0.15, 0.2) is 5.69 Å². The fourth-order valence-electron chi connectivity index (χ4n) is 3.21. The van der Waals surface area contributed by atoms with Crippen molar-refractivity contribution in [1.82, 2.24) is 30.6 Å². The quantitative estimate of drug-likeness (QED) is 0.757. The van der Waals surface area contributed by atoms with Crippen molar-refractivity contribution in [3.63, 3.8) is 0 Å². The van der Waals surface area contributed by atoms with Crippen molar-refractivity contribution in [2.24, 2.45) is 0 Å². The van der Waals surface area contributed by atoms with E-state index < -0.39 is 0 Å². The first-order chi connectivity index (χ1) is 12.3. The molecule has 3 heterocycles. The van der Waals surface area contributed by atoms with Gasteiger partial charge in [-0.1, -0.05) is 29.5 Å². The van der Waals surface area contributed by atoms with Crippen LogP contribution in [0.1, 0.15) is 34.9 Å². The number of carbonyl (C=O) groups excluding carboxylic acids is 1. The fraction of sp³-hybridized carbons (Fsp3) is 0.333. The maximum Gasteiger partial charge on any atom is 0.273 e. The van der Waals surface area contributed by atoms with Gasteiger partial charge in [-0.05, 0) is 37.6 Å². The standard InChI is InChI=1S/C18H20N6O/c25-18(16-12-24(23-22-16)15-6-9-19-10-7-15)21-11-14-4-1-3-13-5-2-8-20-17(13)14/h1-5,8,12,15,19H,6-7,9-11H2,(H,21,25). The lowest BCUT2D eigenvalue weighted by Gasteiger charge is -2.22. The Kier molecular flexibility index (Phi) is 4.39. The summed E-state index contributed by atoms with van der Waals surface area (Å²) in [6.07, 6.45) is 5.52. The number of hydrogen-bond donors (Lipinski definition) is 2. The maximum absolute atomic E-state index is 12.4. The number of nitrogens with zero attached hydrogens (tertiary/aromatic N) is 4. The van der Waals surface area contributed by atoms with Crippen molar-refractivity contribution in [3.05, 3.63) is 54.0 Å². The minimum Gasteiger partial charge on any atom is -0.346 e. The Morgan fingerprint density at radius 2 is 2.08 bits per heavy atom. The number of aromatic nitrogens is 4. The largest absolute Gasteiger partial charge is 0.346 e. The minimum absolute atomic E-state index is 0.215. The van der Waals surface area contributed by atoms with Crippen LogP contribution in [0.3, 0.4) is 0 Å². The predicted octanol–water partition coefficient (Wildman–Crippen LogP) is 1.68. The summed E-state index contributed by atoms with van der Waals surface area (Å²) in [6.45, 7) is 2.35. The van der Waals surface area contributed by atoms with Crippen LogP contribution in [0.15, 0.2) is 42.7 Å². The number of nitrogens with one attached hydrogen (secondary N) is 2. The van der Waals surface area contributed by atoms with E-state index in [1.165, 1.54) is 0 Å². The highest BCUT2D eigenvalue weighted by Gasteiger charge is 2.18. The molecule has 0 bridgehead atoms. The average Bonchev–Trinajstić information content (AvgIpc) is 3.17. The molecular formula is C18H20N6O. The molecule has 0 radical (unpaired) electrons. The third kappa shape index (κ3) is 3.36. The average molecular weight is 336 g/mol. The summed E-state index contributed by atoms with van der Waals surface area (Å²) in [5.74, 6) is -0.215. The van der Waals surface area contributed by atoms with Crippen LogP contribution in [-0.2, 0) is 6.54 Å². The number of hydrogen-bond acceptors (Lipinski definition) is 5. The van der Waals surface area contributed by atoms with Gasteiger partial charge in [-0.2, -0.15) is 0 Å². The Morgan fingerprint density at radius 3 is 2.96 bits per heavy atom. The van der Waals surface area contributed by atoms with Crippen molar-refractivity contribution < 1.29 is 4.79 Å². The lowest BCUT2D eigenvalue weighted by Crippen LogP contribution is -2.29. The third-order valence-corrected chi connectivity index (χ3v) is 4.58. The number of para-hydroxylation sites is 1. The Bertz CT molecular complexity index is 879. The van der Waals surface area contributed by atoms with E-state index in [-0.39, 0.29) is 5.91 Å². The van der Waals surface area contributed by atoms with Gasteiger partial charge < -0.3 is 10.6 Å². The van der Waals surface area contributed by atoms with Crippen LogP contribution >= 0.6 is 0 Å². The zero-order valence-corrected chi connectivity index (χ0v) is 13.9. The number of piperidine rings is 1. The van der Waals surface area contributed by atoms with Crippen LogP contribution < -0.4 is 10.6 Å². The molecule has 2 N–H and O–H groups in total. The lowest BCUT2D eigenvalue weighted by molar-refractivity contribution is 0.0946. The Morgan fingerprint density at radius 1 is 1.24 bits per heavy atom. The Hall–Kier alpha value is -2.80. The van der Waals surface area contributed by atoms with E-state index in [9.17, 15) is 4.79 Å². The summed E-state index contributed by atoms with van der Waals surface area (Å²) in [5.41, 5.74) is 2.24. The zero-order chi connectivity index (χ0) is 17.1. The van der Waals surface area contributed by atoms with Gasteiger partial charge in [0, 0.05) is 18.1 Å². The topological polar surface area (TPSA) is 84.7 Å². The second kappa shape index (κ2) is 6.98. The van der Waals surface area contributed by atoms with Crippen molar-refractivity contribution in [1.29, 1.82) is 0 Å². The van der Waals surface area contributed by atoms with Crippen molar-refractivity contribution in [2.45, 2.75) is 25.4 Å². The zero-order valence-electron chi connectivity index (χ0n) is 13.9. The molecule has 1 amide bonds. The van der Waals surface area contributed by atoms with Gasteiger partial charge in [0.1, 0.15) is 0 Å². The van der Waals surface area contributed by atoms with Gasteiger partial charge in [-0.25, -0.2) is 4.68 Å². The Balaban J connectivity index is 1.44. The number of amides is 1. The number of carbonyl (C=O) groups is 1. The third-order valence-electron chi connectivity index (χ3n) is 4.58. The highest BCUT2D eigenvalue weighted by Crippen LogP contribution is 2.18. The van der Waals surface area contributed by atoms with E-state index in [1.54, 1.807) is 12.4 Å². The molecule has 2 aromatic heterocycles. The van der Waals surface area contributed by atoms with E-state index in [0.29, 0.717) is 18.3 Å². The van der Waals surface area contributed by atoms with E-state index >= 15 is 0 Å². The smallest absolute Gasteiger partial charge is 0.273 e. The summed E-state index contributed by atoms with van der Waals surface area (Å²) in [6, 6.07) is 10.2. The molecule has 0 atom stereocenters. The summed E-state index contributed by atoms with van der Waals surface area (Å²) >= 11 is 0. The number of fused-ring (bicyclic) bond motifs is 1. The van der Waals surface area contributed by atoms with Gasteiger partial charge in [0.05, 0.1) is 17.8 Å². The molecule has 0 unspecified atom stereocenters. The molecule has 25 heavy (non-hydrogen) atoms. The van der Waals surface area contributed by atoms with E-state index in [1.807, 2.05) is 35.0 Å². The first kappa shape index (κ1) is 15.7. The molecule has 1 fully saturated rings. The van der Waals surface area contributed by atoms with E-state index in [4.69, 9.17) is 0 Å². The SMILES string of the molecule is O=C(NCc1cccc2cccnc12)c1cn(C2CCNCC2)nn1. The number of rotatable bonds is 4. The molecule has 0 saturated carbocycles. The molecule has 0 aliphatic carbocycles. The molecule has 3 aromatic rings. The molecule has 1 saturated heterocycles. The Labute approximate surface area is 145 Å². The van der Waals surface area contributed by atoms with Crippen molar-refractivity contribution in [3.8, 4) is 0 Å². The van der Waals surface area contributed by atoms with Crippen LogP contribution in [0.25, 0.3) is 10.9 Å². The summed E-state index contributed by atoms with van der Waals surface area (Å²) in [7, 11) is 0. The molecule has 7 nitrogen and oxygen atoms in total. The van der Waals surface area contributed by atoms with E-state index in [2.05, 4.69) is 25.9 Å². The summed E-state index contributed by atoms with van der Waals surface area (Å²) in [5, 5.41) is 15.5. The fourth-order valence-corrected chi connectivity index (χ4v) is 3.21. The van der Waals surface area contributed by atoms with Gasteiger partial charge in [0.2, 0.25) is 0 Å². The molecule has 1 aromatic carbocycles. The summed E-state index contributed by atoms with van der Waals surface area (Å²) < 4.78 is 1.81. The first-order valence-electron chi connectivity index (χ1n) is 8.54. The molecule has 7 heteroatoms. The van der Waals surface area contributed by atoms with Crippen LogP contribution in [0.5, 0.6) is 0 Å². The van der Waals surface area contributed by atoms with Crippen LogP contribution in [0.2, 0.25) is 0 Å². The normalized spacial score (nSPS) is 15.4. The number of benzene rings is 1. The lowest BCUT2D eigenvalue weighted by atomic mass is 10.1. The molecule has 1 aliphatic heterocycles. The van der Waals surface area contributed by atoms with Crippen LogP contribution in [-0.4, -0.2) is 39.0 Å². The molecule has 128 valence electrons. The van der Waals surface area contributed by atoms with Crippen LogP contribution in [0.4, 0.5) is 0 Å². The minimum atomic E-state index is -0.215. The molecule has 1 aliphatic rings. The van der Waals surface area contributed by atoms with Gasteiger partial charge in [-0.15, -0.1) is 5.10 Å². The van der Waals surface area contributed by atoms with Crippen molar-refractivity contribution >= 4 is 16.8 Å². The number of pyridine rings is 1. The van der Waals surface area contributed by atoms with Crippen molar-refractivity contribution in [2.75, 3.05) is 13.1 Å². The van der Waals surface area contributed by atoms with Gasteiger partial charge >= 0.3 is 0 Å².